The summed E-state index contributed by atoms with van der Waals surface area (Å²) in [7, 11) is 5.81. The van der Waals surface area contributed by atoms with Crippen molar-refractivity contribution in [1.82, 2.24) is 39.0 Å². The minimum Gasteiger partial charge on any atom is -0.550 e. The smallest absolute Gasteiger partial charge is 0.550 e. The van der Waals surface area contributed by atoms with Crippen molar-refractivity contribution in [3.05, 3.63) is 59.3 Å². The van der Waals surface area contributed by atoms with Crippen LogP contribution in [-0.2, 0) is 38.2 Å². The van der Waals surface area contributed by atoms with Crippen LogP contribution in [0.5, 0.6) is 23.5 Å². The first-order valence-electron chi connectivity index (χ1n) is 21.0. The first-order valence-corrected chi connectivity index (χ1v) is 22.6. The molecule has 0 spiro atoms. The van der Waals surface area contributed by atoms with Crippen LogP contribution in [0.3, 0.4) is 0 Å². The van der Waals surface area contributed by atoms with E-state index in [-0.39, 0.29) is 69.7 Å². The molecule has 6 heterocycles. The van der Waals surface area contributed by atoms with E-state index in [0.29, 0.717) is 25.6 Å². The number of ketones is 1. The normalized spacial score (nSPS) is 10.6. The van der Waals surface area contributed by atoms with Crippen molar-refractivity contribution < 1.29 is 86.8 Å². The molecule has 0 aliphatic heterocycles. The Morgan fingerprint density at radius 3 is 1.16 bits per heavy atom. The molecule has 0 aliphatic rings. The molecule has 0 aliphatic carbocycles. The fraction of sp³-hybridized carbons (Fsp3) is 0.422. The number of esters is 3. The van der Waals surface area contributed by atoms with Gasteiger partial charge in [0.15, 0.2) is 5.78 Å². The van der Waals surface area contributed by atoms with Crippen LogP contribution in [0.4, 0.5) is 4.79 Å². The van der Waals surface area contributed by atoms with Gasteiger partial charge < -0.3 is 58.1 Å². The monoisotopic (exact) mass is 1080 g/mol. The van der Waals surface area contributed by atoms with Crippen LogP contribution in [0, 0.1) is 0 Å². The molecule has 1 N–H and O–H groups in total. The number of hydrogen-bond donors (Lipinski definition) is 1. The Hall–Kier alpha value is -7.37. The van der Waals surface area contributed by atoms with Crippen LogP contribution < -0.4 is 29.2 Å². The number of fused-ring (bicyclic) bond motifs is 2. The molecular formula is C45H54MgN8O18S2. The van der Waals surface area contributed by atoms with Gasteiger partial charge >= 0.3 is 53.0 Å². The number of hydrogen-bond acceptors (Lipinski definition) is 25. The molecule has 26 nitrogen and oxygen atoms in total. The number of aromatic nitrogens is 8. The standard InChI is InChI=1S/C15H18N2O5S.C9H8N2O4S.C7H6N4O.2C7H12O4.Mg/c1-15(2,3)22-11(19)7-9(18)10-6-8-14(23-10)17-13(21-5)12(16-8)20-4;1-14-6-7(15-2)11-8-4(10-6)3-5(16-8)9(12)13;12-7(10-3-1-8-5-10)11-4-2-9-6-11;2*1-7(2,3)11-6(10)4-5(8)9;/h6H,7H2,1-5H3;3H,1-2H3,(H,12,13);1-6H;2*4H2,1-3H3,(H,8,9);/q;;;;;+2/p-2. The number of imidazole rings is 2. The van der Waals surface area contributed by atoms with E-state index in [4.69, 9.17) is 28.8 Å². The van der Waals surface area contributed by atoms with E-state index in [9.17, 15) is 48.6 Å². The Labute approximate surface area is 447 Å². The molecule has 0 amide bonds. The first kappa shape index (κ1) is 64.6. The summed E-state index contributed by atoms with van der Waals surface area (Å²) in [6.07, 6.45) is 7.48. The Morgan fingerprint density at radius 1 is 0.541 bits per heavy atom. The molecule has 0 unspecified atom stereocenters. The summed E-state index contributed by atoms with van der Waals surface area (Å²) in [5.74, 6) is -5.29. The van der Waals surface area contributed by atoms with Gasteiger partial charge in [0, 0.05) is 24.8 Å². The number of ether oxygens (including phenoxy) is 7. The summed E-state index contributed by atoms with van der Waals surface area (Å²) in [5, 5.41) is 28.6. The van der Waals surface area contributed by atoms with E-state index in [0.717, 1.165) is 22.7 Å². The number of rotatable bonds is 12. The summed E-state index contributed by atoms with van der Waals surface area (Å²) in [6, 6.07) is 2.85. The maximum Gasteiger partial charge on any atom is 2.00 e. The fourth-order valence-corrected chi connectivity index (χ4v) is 6.60. The minimum absolute atomic E-state index is 0. The maximum absolute atomic E-state index is 12.2. The second kappa shape index (κ2) is 29.4. The van der Waals surface area contributed by atoms with Gasteiger partial charge in [-0.15, -0.1) is 22.7 Å². The van der Waals surface area contributed by atoms with Gasteiger partial charge in [-0.3, -0.25) is 28.3 Å². The first-order chi connectivity index (χ1) is 33.9. The average molecular weight is 1080 g/mol. The van der Waals surface area contributed by atoms with Gasteiger partial charge in [-0.25, -0.2) is 29.5 Å². The number of methoxy groups -OCH3 is 4. The second-order valence-corrected chi connectivity index (χ2v) is 19.1. The van der Waals surface area contributed by atoms with Crippen molar-refractivity contribution in [2.24, 2.45) is 0 Å². The number of aromatic carboxylic acids is 1. The van der Waals surface area contributed by atoms with Gasteiger partial charge in [0.1, 0.15) is 61.4 Å². The predicted molar refractivity (Wildman–Crippen MR) is 260 cm³/mol. The van der Waals surface area contributed by atoms with Crippen molar-refractivity contribution in [3.63, 3.8) is 0 Å². The van der Waals surface area contributed by atoms with E-state index in [1.54, 1.807) is 93.2 Å². The molecule has 0 saturated carbocycles. The number of carbonyl (C=O) groups is 8. The summed E-state index contributed by atoms with van der Waals surface area (Å²) < 4.78 is 37.4. The summed E-state index contributed by atoms with van der Waals surface area (Å²) in [6.45, 7) is 15.3. The van der Waals surface area contributed by atoms with Crippen molar-refractivity contribution in [3.8, 4) is 23.5 Å². The number of aliphatic carboxylic acids is 2. The van der Waals surface area contributed by atoms with Gasteiger partial charge in [0.05, 0.1) is 58.1 Å². The van der Waals surface area contributed by atoms with Crippen LogP contribution in [0.2, 0.25) is 0 Å². The van der Waals surface area contributed by atoms with E-state index < -0.39 is 65.5 Å². The summed E-state index contributed by atoms with van der Waals surface area (Å²) in [4.78, 5) is 113. The third-order valence-corrected chi connectivity index (χ3v) is 9.52. The quantitative estimate of drug-likeness (QED) is 0.0604. The molecule has 6 aromatic heterocycles. The van der Waals surface area contributed by atoms with E-state index in [2.05, 4.69) is 39.4 Å². The average Bonchev–Trinajstić information content (AvgIpc) is 4.11. The van der Waals surface area contributed by atoms with Crippen LogP contribution in [-0.4, -0.2) is 160 Å². The molecular weight excluding hydrogens is 1030 g/mol. The molecule has 0 radical (unpaired) electrons. The van der Waals surface area contributed by atoms with Crippen molar-refractivity contribution in [2.45, 2.75) is 98.4 Å². The largest absolute Gasteiger partial charge is 2.00 e. The maximum atomic E-state index is 12.2. The molecule has 29 heteroatoms. The molecule has 0 bridgehead atoms. The zero-order chi connectivity index (χ0) is 55.4. The van der Waals surface area contributed by atoms with Gasteiger partial charge in [0.2, 0.25) is 0 Å². The van der Waals surface area contributed by atoms with Gasteiger partial charge in [-0.05, 0) is 74.4 Å². The SMILES string of the molecule is CC(C)(C)OC(=O)CC(=O)[O-].CC(C)(C)OC(=O)CC(=O)[O-].COc1nc2cc(C(=O)CC(=O)OC(C)(C)C)sc2nc1OC.COc1nc2cc(C(=O)O)sc2nc1OC.O=C(n1ccnc1)n1ccnc1.[Mg+2]. The number of thiophene rings is 2. The Bertz CT molecular complexity index is 2690. The molecule has 0 fully saturated rings. The molecule has 0 atom stereocenters. The van der Waals surface area contributed by atoms with Gasteiger partial charge in [0.25, 0.3) is 23.5 Å². The van der Waals surface area contributed by atoms with Gasteiger partial charge in [-0.1, -0.05) is 0 Å². The van der Waals surface area contributed by atoms with Crippen molar-refractivity contribution in [1.29, 1.82) is 0 Å². The van der Waals surface area contributed by atoms with Crippen molar-refractivity contribution in [2.75, 3.05) is 28.4 Å². The molecule has 0 aromatic carbocycles. The fourth-order valence-electron chi connectivity index (χ4n) is 4.90. The Morgan fingerprint density at radius 2 is 0.865 bits per heavy atom. The van der Waals surface area contributed by atoms with Crippen LogP contribution in [0.15, 0.2) is 49.6 Å². The summed E-state index contributed by atoms with van der Waals surface area (Å²) in [5.41, 5.74) is -0.888. The zero-order valence-corrected chi connectivity index (χ0v) is 45.8. The number of nitrogens with zero attached hydrogens (tertiary/aromatic N) is 8. The van der Waals surface area contributed by atoms with Crippen LogP contribution in [0.25, 0.3) is 20.7 Å². The molecule has 396 valence electrons. The van der Waals surface area contributed by atoms with Gasteiger partial charge in [-0.2, -0.15) is 9.97 Å². The predicted octanol–water partition coefficient (Wildman–Crippen LogP) is 3.18. The number of Topliss-reactive ketones (excluding diaryl/α,β-unsaturated/α-hetero) is 1. The number of carboxylic acids is 3. The second-order valence-electron chi connectivity index (χ2n) is 17.1. The Kier molecular flexibility index (Phi) is 25.6. The van der Waals surface area contributed by atoms with E-state index >= 15 is 0 Å². The third-order valence-electron chi connectivity index (χ3n) is 7.46. The van der Waals surface area contributed by atoms with Crippen LogP contribution in [0.1, 0.15) is 101 Å². The molecule has 0 saturated heterocycles. The minimum atomic E-state index is -1.42. The number of carboxylic acid groups (broad SMARTS) is 3. The van der Waals surface area contributed by atoms with E-state index in [1.165, 1.54) is 56.3 Å². The summed E-state index contributed by atoms with van der Waals surface area (Å²) >= 11 is 2.19. The molecule has 74 heavy (non-hydrogen) atoms. The molecule has 6 aromatic rings. The number of carbonyl (C=O) groups excluding carboxylic acids is 7. The van der Waals surface area contributed by atoms with Crippen LogP contribution >= 0.6 is 22.7 Å². The Balaban J connectivity index is 0.000000478. The zero-order valence-electron chi connectivity index (χ0n) is 42.7. The van der Waals surface area contributed by atoms with E-state index in [1.807, 2.05) is 0 Å². The topological polar surface area (TPSA) is 355 Å². The van der Waals surface area contributed by atoms with Crippen molar-refractivity contribution >= 4 is 114 Å². The third kappa shape index (κ3) is 23.4. The molecule has 6 rings (SSSR count).